The summed E-state index contributed by atoms with van der Waals surface area (Å²) in [6, 6.07) is 7.75. The average molecular weight is 285 g/mol. The fourth-order valence-electron chi connectivity index (χ4n) is 1.63. The zero-order valence-corrected chi connectivity index (χ0v) is 10.8. The third-order valence-corrected chi connectivity index (χ3v) is 2.85. The van der Waals surface area contributed by atoms with Crippen LogP contribution < -0.4 is 4.74 Å². The van der Waals surface area contributed by atoms with Crippen molar-refractivity contribution < 1.29 is 18.6 Å². The molecule has 0 aliphatic rings. The van der Waals surface area contributed by atoms with Crippen molar-refractivity contribution in [3.8, 4) is 11.5 Å². The lowest BCUT2D eigenvalue weighted by Gasteiger charge is -2.14. The zero-order chi connectivity index (χ0) is 14.0. The van der Waals surface area contributed by atoms with E-state index in [4.69, 9.17) is 16.3 Å². The van der Waals surface area contributed by atoms with Gasteiger partial charge in [0.05, 0.1) is 11.1 Å². The lowest BCUT2D eigenvalue weighted by molar-refractivity contribution is 0.194. The summed E-state index contributed by atoms with van der Waals surface area (Å²) in [5.74, 6) is -1.14. The highest BCUT2D eigenvalue weighted by Crippen LogP contribution is 2.35. The molecule has 2 nitrogen and oxygen atoms in total. The van der Waals surface area contributed by atoms with Crippen molar-refractivity contribution in [2.24, 2.45) is 0 Å². The van der Waals surface area contributed by atoms with Gasteiger partial charge in [-0.2, -0.15) is 0 Å². The maximum absolute atomic E-state index is 13.8. The Balaban J connectivity index is 2.43. The van der Waals surface area contributed by atoms with Crippen LogP contribution in [0.25, 0.3) is 0 Å². The molecule has 0 aliphatic carbocycles. The maximum atomic E-state index is 13.8. The summed E-state index contributed by atoms with van der Waals surface area (Å²) >= 11 is 5.81. The van der Waals surface area contributed by atoms with Crippen molar-refractivity contribution in [1.29, 1.82) is 0 Å². The summed E-state index contributed by atoms with van der Waals surface area (Å²) in [7, 11) is 0. The van der Waals surface area contributed by atoms with Gasteiger partial charge in [0.25, 0.3) is 0 Å². The van der Waals surface area contributed by atoms with Crippen LogP contribution in [0.4, 0.5) is 8.78 Å². The predicted octanol–water partition coefficient (Wildman–Crippen LogP) is 4.46. The summed E-state index contributed by atoms with van der Waals surface area (Å²) in [5, 5.41) is 9.61. The first-order chi connectivity index (χ1) is 8.99. The van der Waals surface area contributed by atoms with Gasteiger partial charge in [0.1, 0.15) is 11.6 Å². The highest BCUT2D eigenvalue weighted by Gasteiger charge is 2.16. The van der Waals surface area contributed by atoms with E-state index < -0.39 is 17.7 Å². The molecule has 0 fully saturated rings. The monoisotopic (exact) mass is 284 g/mol. The SMILES string of the molecule is CC(O)c1cccc(F)c1Oc1ccc(F)cc1Cl. The van der Waals surface area contributed by atoms with Gasteiger partial charge in [-0.25, -0.2) is 8.78 Å². The minimum atomic E-state index is -0.898. The van der Waals surface area contributed by atoms with Crippen LogP contribution in [0.5, 0.6) is 11.5 Å². The molecule has 1 atom stereocenters. The van der Waals surface area contributed by atoms with Gasteiger partial charge >= 0.3 is 0 Å². The third-order valence-electron chi connectivity index (χ3n) is 2.55. The molecule has 1 N–H and O–H groups in total. The van der Waals surface area contributed by atoms with Crippen molar-refractivity contribution in [1.82, 2.24) is 0 Å². The summed E-state index contributed by atoms with van der Waals surface area (Å²) < 4.78 is 32.0. The summed E-state index contributed by atoms with van der Waals surface area (Å²) in [6.45, 7) is 1.49. The van der Waals surface area contributed by atoms with Crippen LogP contribution in [0.3, 0.4) is 0 Å². The van der Waals surface area contributed by atoms with Gasteiger partial charge < -0.3 is 9.84 Å². The molecule has 100 valence electrons. The van der Waals surface area contributed by atoms with Gasteiger partial charge in [-0.3, -0.25) is 0 Å². The number of aliphatic hydroxyl groups is 1. The molecular weight excluding hydrogens is 274 g/mol. The van der Waals surface area contributed by atoms with Gasteiger partial charge in [0, 0.05) is 5.56 Å². The molecule has 0 saturated carbocycles. The number of para-hydroxylation sites is 1. The summed E-state index contributed by atoms with van der Waals surface area (Å²) in [4.78, 5) is 0. The van der Waals surface area contributed by atoms with E-state index in [9.17, 15) is 13.9 Å². The fraction of sp³-hybridized carbons (Fsp3) is 0.143. The van der Waals surface area contributed by atoms with Crippen LogP contribution in [0.2, 0.25) is 5.02 Å². The molecular formula is C14H11ClF2O2. The van der Waals surface area contributed by atoms with E-state index >= 15 is 0 Å². The largest absolute Gasteiger partial charge is 0.452 e. The average Bonchev–Trinajstić information content (AvgIpc) is 2.34. The number of ether oxygens (including phenoxy) is 1. The van der Waals surface area contributed by atoms with Crippen LogP contribution in [0.15, 0.2) is 36.4 Å². The van der Waals surface area contributed by atoms with E-state index in [-0.39, 0.29) is 16.5 Å². The predicted molar refractivity (Wildman–Crippen MR) is 68.5 cm³/mol. The Labute approximate surface area is 114 Å². The van der Waals surface area contributed by atoms with E-state index in [1.165, 1.54) is 25.1 Å². The molecule has 0 radical (unpaired) electrons. The van der Waals surface area contributed by atoms with Gasteiger partial charge in [-0.05, 0) is 31.2 Å². The Kier molecular flexibility index (Phi) is 4.02. The smallest absolute Gasteiger partial charge is 0.168 e. The van der Waals surface area contributed by atoms with Crippen LogP contribution >= 0.6 is 11.6 Å². The lowest BCUT2D eigenvalue weighted by Crippen LogP contribution is -1.99. The molecule has 2 aromatic rings. The van der Waals surface area contributed by atoms with Gasteiger partial charge in [0.15, 0.2) is 11.6 Å². The van der Waals surface area contributed by atoms with Crippen molar-refractivity contribution in [2.45, 2.75) is 13.0 Å². The maximum Gasteiger partial charge on any atom is 0.168 e. The standard InChI is InChI=1S/C14H11ClF2O2/c1-8(18)10-3-2-4-12(17)14(10)19-13-6-5-9(16)7-11(13)15/h2-8,18H,1H3. The lowest BCUT2D eigenvalue weighted by atomic mass is 10.1. The van der Waals surface area contributed by atoms with Crippen LogP contribution in [-0.2, 0) is 0 Å². The van der Waals surface area contributed by atoms with E-state index in [1.807, 2.05) is 0 Å². The zero-order valence-electron chi connectivity index (χ0n) is 10.0. The Bertz CT molecular complexity index is 600. The first kappa shape index (κ1) is 13.8. The third kappa shape index (κ3) is 3.03. The van der Waals surface area contributed by atoms with Gasteiger partial charge in [-0.15, -0.1) is 0 Å². The summed E-state index contributed by atoms with van der Waals surface area (Å²) in [6.07, 6.45) is -0.898. The normalized spacial score (nSPS) is 12.3. The van der Waals surface area contributed by atoms with Crippen LogP contribution in [0, 0.1) is 11.6 Å². The number of rotatable bonds is 3. The molecule has 2 aromatic carbocycles. The van der Waals surface area contributed by atoms with Gasteiger partial charge in [-0.1, -0.05) is 23.7 Å². The molecule has 0 saturated heterocycles. The molecule has 0 amide bonds. The summed E-state index contributed by atoms with van der Waals surface area (Å²) in [5.41, 5.74) is 0.292. The molecule has 2 rings (SSSR count). The number of hydrogen-bond donors (Lipinski definition) is 1. The first-order valence-corrected chi connectivity index (χ1v) is 5.96. The molecule has 0 aromatic heterocycles. The number of halogens is 3. The first-order valence-electron chi connectivity index (χ1n) is 5.58. The number of aliphatic hydroxyl groups excluding tert-OH is 1. The Morgan fingerprint density at radius 3 is 2.58 bits per heavy atom. The van der Waals surface area contributed by atoms with Crippen molar-refractivity contribution in [2.75, 3.05) is 0 Å². The van der Waals surface area contributed by atoms with E-state index in [2.05, 4.69) is 0 Å². The van der Waals surface area contributed by atoms with E-state index in [0.717, 1.165) is 12.1 Å². The van der Waals surface area contributed by atoms with E-state index in [0.29, 0.717) is 5.56 Å². The van der Waals surface area contributed by atoms with Crippen LogP contribution in [0.1, 0.15) is 18.6 Å². The highest BCUT2D eigenvalue weighted by atomic mass is 35.5. The second kappa shape index (κ2) is 5.55. The van der Waals surface area contributed by atoms with Gasteiger partial charge in [0.2, 0.25) is 0 Å². The molecule has 0 aliphatic heterocycles. The number of hydrogen-bond acceptors (Lipinski definition) is 2. The molecule has 19 heavy (non-hydrogen) atoms. The second-order valence-corrected chi connectivity index (χ2v) is 4.42. The molecule has 0 bridgehead atoms. The molecule has 5 heteroatoms. The Morgan fingerprint density at radius 1 is 1.21 bits per heavy atom. The highest BCUT2D eigenvalue weighted by molar-refractivity contribution is 6.32. The quantitative estimate of drug-likeness (QED) is 0.901. The van der Waals surface area contributed by atoms with E-state index in [1.54, 1.807) is 6.07 Å². The van der Waals surface area contributed by atoms with Crippen molar-refractivity contribution in [3.63, 3.8) is 0 Å². The number of benzene rings is 2. The van der Waals surface area contributed by atoms with Crippen molar-refractivity contribution in [3.05, 3.63) is 58.6 Å². The molecule has 0 heterocycles. The minimum Gasteiger partial charge on any atom is -0.452 e. The Morgan fingerprint density at radius 2 is 1.95 bits per heavy atom. The second-order valence-electron chi connectivity index (χ2n) is 4.01. The molecule has 1 unspecified atom stereocenters. The minimum absolute atomic E-state index is 0.0276. The Hall–Kier alpha value is -1.65. The van der Waals surface area contributed by atoms with Crippen LogP contribution in [-0.4, -0.2) is 5.11 Å². The topological polar surface area (TPSA) is 29.5 Å². The fourth-order valence-corrected chi connectivity index (χ4v) is 1.84. The van der Waals surface area contributed by atoms with Crippen molar-refractivity contribution >= 4 is 11.6 Å². The molecule has 0 spiro atoms.